The predicted octanol–water partition coefficient (Wildman–Crippen LogP) is 4.64. The van der Waals surface area contributed by atoms with Gasteiger partial charge in [-0.3, -0.25) is 9.59 Å². The lowest BCUT2D eigenvalue weighted by Crippen LogP contribution is -2.43. The summed E-state index contributed by atoms with van der Waals surface area (Å²) in [5, 5.41) is 13.4. The van der Waals surface area contributed by atoms with E-state index < -0.39 is 43.5 Å². The molecule has 5 nitrogen and oxygen atoms in total. The molecule has 1 atom stereocenters. The summed E-state index contributed by atoms with van der Waals surface area (Å²) in [4.78, 5) is 21.5. The third-order valence-electron chi connectivity index (χ3n) is 4.72. The minimum absolute atomic E-state index is 0.0136. The first-order chi connectivity index (χ1) is 14.8. The highest BCUT2D eigenvalue weighted by molar-refractivity contribution is 5.96. The maximum atomic E-state index is 12.6. The number of carboxylic acid groups (broad SMARTS) is 1. The van der Waals surface area contributed by atoms with Gasteiger partial charge in [-0.1, -0.05) is 18.6 Å². The molecule has 1 saturated heterocycles. The van der Waals surface area contributed by atoms with Gasteiger partial charge < -0.3 is 15.7 Å². The van der Waals surface area contributed by atoms with Crippen molar-refractivity contribution < 1.29 is 41.0 Å². The van der Waals surface area contributed by atoms with Gasteiger partial charge in [0.1, 0.15) is 0 Å². The minimum Gasteiger partial charge on any atom is -0.481 e. The topological polar surface area (TPSA) is 78.4 Å². The number of nitrogens with one attached hydrogen (secondary N) is 2. The first-order valence-electron chi connectivity index (χ1n) is 10.2. The second kappa shape index (κ2) is 12.7. The molecule has 1 aliphatic rings. The maximum absolute atomic E-state index is 12.6. The summed E-state index contributed by atoms with van der Waals surface area (Å²) in [5.41, 5.74) is 0.468. The van der Waals surface area contributed by atoms with Crippen molar-refractivity contribution in [2.45, 2.75) is 70.3 Å². The lowest BCUT2D eigenvalue weighted by Gasteiger charge is -2.24. The molecule has 1 fully saturated rings. The quantitative estimate of drug-likeness (QED) is 0.508. The van der Waals surface area contributed by atoms with E-state index in [1.54, 1.807) is 0 Å². The molecule has 1 aromatic carbocycles. The Morgan fingerprint density at radius 3 is 2.19 bits per heavy atom. The number of aliphatic carboxylic acids is 1. The number of hydrogen-bond acceptors (Lipinski definition) is 3. The summed E-state index contributed by atoms with van der Waals surface area (Å²) in [5.74, 6) is -1.39. The summed E-state index contributed by atoms with van der Waals surface area (Å²) < 4.78 is 75.0. The lowest BCUT2D eigenvalue weighted by molar-refractivity contribution is -0.135. The second-order valence-electron chi connectivity index (χ2n) is 7.60. The number of piperidine rings is 1. The fourth-order valence-corrected chi connectivity index (χ4v) is 3.18. The van der Waals surface area contributed by atoms with Crippen LogP contribution in [0, 0.1) is 0 Å². The normalized spacial score (nSPS) is 16.7. The zero-order valence-electron chi connectivity index (χ0n) is 17.7. The number of rotatable bonds is 7. The van der Waals surface area contributed by atoms with Crippen LogP contribution in [0.3, 0.4) is 0 Å². The van der Waals surface area contributed by atoms with Crippen LogP contribution >= 0.6 is 0 Å². The lowest BCUT2D eigenvalue weighted by atomic mass is 9.97. The van der Waals surface area contributed by atoms with Gasteiger partial charge in [-0.15, -0.1) is 0 Å². The summed E-state index contributed by atoms with van der Waals surface area (Å²) in [6, 6.07) is 4.05. The maximum Gasteiger partial charge on any atom is 0.389 e. The van der Waals surface area contributed by atoms with Crippen LogP contribution in [0.4, 0.5) is 26.3 Å². The van der Waals surface area contributed by atoms with E-state index in [0.717, 1.165) is 32.7 Å². The zero-order chi connectivity index (χ0) is 24.4. The number of carbonyl (C=O) groups excluding carboxylic acids is 1. The van der Waals surface area contributed by atoms with E-state index in [1.165, 1.54) is 18.2 Å². The molecule has 1 aliphatic heterocycles. The molecule has 11 heteroatoms. The van der Waals surface area contributed by atoms with Crippen LogP contribution in [-0.4, -0.2) is 48.5 Å². The van der Waals surface area contributed by atoms with Crippen LogP contribution in [0.2, 0.25) is 0 Å². The van der Waals surface area contributed by atoms with Crippen molar-refractivity contribution in [3.8, 4) is 0 Å². The Morgan fingerprint density at radius 1 is 1.06 bits per heavy atom. The van der Waals surface area contributed by atoms with E-state index in [2.05, 4.69) is 10.6 Å². The molecule has 0 spiro atoms. The van der Waals surface area contributed by atoms with Crippen molar-refractivity contribution in [1.82, 2.24) is 10.6 Å². The molecule has 182 valence electrons. The molecule has 1 amide bonds. The smallest absolute Gasteiger partial charge is 0.389 e. The number of benzene rings is 1. The minimum atomic E-state index is -4.38. The molecule has 2 rings (SSSR count). The van der Waals surface area contributed by atoms with Crippen molar-refractivity contribution in [3.63, 3.8) is 0 Å². The van der Waals surface area contributed by atoms with Gasteiger partial charge in [0.15, 0.2) is 0 Å². The highest BCUT2D eigenvalue weighted by Gasteiger charge is 2.29. The first kappa shape index (κ1) is 27.7. The summed E-state index contributed by atoms with van der Waals surface area (Å²) in [6.07, 6.45) is -8.64. The number of alkyl halides is 6. The Kier molecular flexibility index (Phi) is 11.0. The van der Waals surface area contributed by atoms with Gasteiger partial charge in [0, 0.05) is 37.9 Å². The number of amides is 1. The third-order valence-corrected chi connectivity index (χ3v) is 4.72. The molecule has 1 aromatic rings. The van der Waals surface area contributed by atoms with Crippen molar-refractivity contribution in [2.75, 3.05) is 13.1 Å². The predicted molar refractivity (Wildman–Crippen MR) is 106 cm³/mol. The number of hydrogen-bond donors (Lipinski definition) is 3. The largest absolute Gasteiger partial charge is 0.481 e. The number of halogens is 6. The SMILES string of the molecule is CC(=O)O.O=C(NCC1CCCCN1)c1cc(CCC(F)(F)F)ccc1CCC(F)(F)F. The molecule has 0 saturated carbocycles. The van der Waals surface area contributed by atoms with Crippen LogP contribution in [0.15, 0.2) is 18.2 Å². The Labute approximate surface area is 182 Å². The van der Waals surface area contributed by atoms with Crippen LogP contribution in [0.5, 0.6) is 0 Å². The zero-order valence-corrected chi connectivity index (χ0v) is 17.7. The van der Waals surface area contributed by atoms with E-state index in [-0.39, 0.29) is 29.2 Å². The van der Waals surface area contributed by atoms with Crippen molar-refractivity contribution in [1.29, 1.82) is 0 Å². The molecule has 1 heterocycles. The monoisotopic (exact) mass is 470 g/mol. The average Bonchev–Trinajstić information content (AvgIpc) is 2.68. The van der Waals surface area contributed by atoms with Gasteiger partial charge in [-0.25, -0.2) is 0 Å². The standard InChI is InChI=1S/C19H24F6N2O.C2H4O2/c20-18(21,22)8-6-13-4-5-14(7-9-19(23,24)25)16(11-13)17(28)27-12-15-3-1-2-10-26-15;1-2(3)4/h4-5,11,15,26H,1-3,6-10,12H2,(H,27,28);1H3,(H,3,4). The molecule has 3 N–H and O–H groups in total. The van der Waals surface area contributed by atoms with Crippen molar-refractivity contribution in [3.05, 3.63) is 34.9 Å². The Bertz CT molecular complexity index is 740. The van der Waals surface area contributed by atoms with Crippen LogP contribution in [-0.2, 0) is 17.6 Å². The van der Waals surface area contributed by atoms with E-state index >= 15 is 0 Å². The van der Waals surface area contributed by atoms with Crippen LogP contribution < -0.4 is 10.6 Å². The van der Waals surface area contributed by atoms with Gasteiger partial charge >= 0.3 is 12.4 Å². The summed E-state index contributed by atoms with van der Waals surface area (Å²) in [6.45, 7) is 2.24. The highest BCUT2D eigenvalue weighted by Crippen LogP contribution is 2.26. The molecule has 0 aliphatic carbocycles. The van der Waals surface area contributed by atoms with Crippen molar-refractivity contribution >= 4 is 11.9 Å². The van der Waals surface area contributed by atoms with Gasteiger partial charge in [0.05, 0.1) is 0 Å². The molecule has 1 unspecified atom stereocenters. The summed E-state index contributed by atoms with van der Waals surface area (Å²) >= 11 is 0. The van der Waals surface area contributed by atoms with Crippen LogP contribution in [0.25, 0.3) is 0 Å². The van der Waals surface area contributed by atoms with E-state index in [4.69, 9.17) is 9.90 Å². The van der Waals surface area contributed by atoms with E-state index in [9.17, 15) is 31.1 Å². The van der Waals surface area contributed by atoms with Gasteiger partial charge in [0.25, 0.3) is 11.9 Å². The van der Waals surface area contributed by atoms with Gasteiger partial charge in [0.2, 0.25) is 0 Å². The molecule has 0 radical (unpaired) electrons. The first-order valence-corrected chi connectivity index (χ1v) is 10.2. The molecular formula is C21H28F6N2O3. The Morgan fingerprint density at radius 2 is 1.66 bits per heavy atom. The van der Waals surface area contributed by atoms with Gasteiger partial charge in [-0.2, -0.15) is 26.3 Å². The van der Waals surface area contributed by atoms with E-state index in [0.29, 0.717) is 6.54 Å². The molecule has 0 aromatic heterocycles. The van der Waals surface area contributed by atoms with Crippen molar-refractivity contribution in [2.24, 2.45) is 0 Å². The molecule has 32 heavy (non-hydrogen) atoms. The molecular weight excluding hydrogens is 442 g/mol. The fraction of sp³-hybridized carbons (Fsp3) is 0.619. The van der Waals surface area contributed by atoms with E-state index in [1.807, 2.05) is 0 Å². The Balaban J connectivity index is 0.00000118. The highest BCUT2D eigenvalue weighted by atomic mass is 19.4. The third kappa shape index (κ3) is 12.5. The van der Waals surface area contributed by atoms with Gasteiger partial charge in [-0.05, 0) is 49.4 Å². The number of aryl methyl sites for hydroxylation is 2. The second-order valence-corrected chi connectivity index (χ2v) is 7.60. The number of carboxylic acids is 1. The summed E-state index contributed by atoms with van der Waals surface area (Å²) in [7, 11) is 0. The average molecular weight is 470 g/mol. The fourth-order valence-electron chi connectivity index (χ4n) is 3.18. The Hall–Kier alpha value is -2.30. The van der Waals surface area contributed by atoms with Crippen LogP contribution in [0.1, 0.15) is 60.5 Å². The number of carbonyl (C=O) groups is 2. The molecule has 0 bridgehead atoms.